The SMILES string of the molecule is Cc1noc(-c2ccc(C(C)(C)C)cc2F)n1. The third kappa shape index (κ3) is 2.35. The molecule has 0 spiro atoms. The van der Waals surface area contributed by atoms with Crippen LogP contribution < -0.4 is 0 Å². The van der Waals surface area contributed by atoms with E-state index in [-0.39, 0.29) is 17.1 Å². The summed E-state index contributed by atoms with van der Waals surface area (Å²) in [6.45, 7) is 7.82. The predicted octanol–water partition coefficient (Wildman–Crippen LogP) is 3.48. The highest BCUT2D eigenvalue weighted by Crippen LogP contribution is 2.27. The largest absolute Gasteiger partial charge is 0.334 e. The molecule has 0 radical (unpaired) electrons. The fourth-order valence-corrected chi connectivity index (χ4v) is 1.56. The van der Waals surface area contributed by atoms with Gasteiger partial charge in [-0.05, 0) is 30.0 Å². The van der Waals surface area contributed by atoms with Gasteiger partial charge in [0.1, 0.15) is 5.82 Å². The first-order chi connectivity index (χ1) is 7.88. The quantitative estimate of drug-likeness (QED) is 0.758. The van der Waals surface area contributed by atoms with Crippen molar-refractivity contribution in [2.24, 2.45) is 0 Å². The van der Waals surface area contributed by atoms with Gasteiger partial charge in [-0.2, -0.15) is 4.98 Å². The fraction of sp³-hybridized carbons (Fsp3) is 0.385. The minimum Gasteiger partial charge on any atom is -0.334 e. The molecule has 0 N–H and O–H groups in total. The molecule has 0 fully saturated rings. The van der Waals surface area contributed by atoms with E-state index in [9.17, 15) is 4.39 Å². The Morgan fingerprint density at radius 2 is 1.94 bits per heavy atom. The summed E-state index contributed by atoms with van der Waals surface area (Å²) in [5, 5.41) is 3.65. The van der Waals surface area contributed by atoms with Gasteiger partial charge in [0.25, 0.3) is 5.89 Å². The highest BCUT2D eigenvalue weighted by atomic mass is 19.1. The van der Waals surface area contributed by atoms with Crippen molar-refractivity contribution in [3.8, 4) is 11.5 Å². The molecule has 0 aliphatic heterocycles. The molecule has 0 saturated heterocycles. The molecule has 1 heterocycles. The normalized spacial score (nSPS) is 11.8. The van der Waals surface area contributed by atoms with Gasteiger partial charge in [-0.25, -0.2) is 4.39 Å². The second-order valence-electron chi connectivity index (χ2n) is 5.09. The lowest BCUT2D eigenvalue weighted by Crippen LogP contribution is -2.11. The standard InChI is InChI=1S/C13H15FN2O/c1-8-15-12(17-16-8)10-6-5-9(7-11(10)14)13(2,3)4/h5-7H,1-4H3. The third-order valence-corrected chi connectivity index (χ3v) is 2.59. The number of benzene rings is 1. The van der Waals surface area contributed by atoms with E-state index >= 15 is 0 Å². The van der Waals surface area contributed by atoms with E-state index < -0.39 is 0 Å². The zero-order valence-corrected chi connectivity index (χ0v) is 10.4. The summed E-state index contributed by atoms with van der Waals surface area (Å²) in [4.78, 5) is 4.02. The molecule has 0 amide bonds. The highest BCUT2D eigenvalue weighted by molar-refractivity contribution is 5.55. The Morgan fingerprint density at radius 3 is 2.41 bits per heavy atom. The maximum Gasteiger partial charge on any atom is 0.260 e. The molecule has 2 aromatic rings. The number of aromatic nitrogens is 2. The first-order valence-electron chi connectivity index (χ1n) is 5.48. The first kappa shape index (κ1) is 11.8. The average Bonchev–Trinajstić information content (AvgIpc) is 2.63. The van der Waals surface area contributed by atoms with Crippen LogP contribution in [0.4, 0.5) is 4.39 Å². The molecule has 4 heteroatoms. The van der Waals surface area contributed by atoms with Crippen molar-refractivity contribution in [1.29, 1.82) is 0 Å². The summed E-state index contributed by atoms with van der Waals surface area (Å²) < 4.78 is 18.9. The number of aryl methyl sites for hydroxylation is 1. The van der Waals surface area contributed by atoms with Crippen LogP contribution in [0.3, 0.4) is 0 Å². The molecule has 0 aliphatic rings. The summed E-state index contributed by atoms with van der Waals surface area (Å²) in [7, 11) is 0. The van der Waals surface area contributed by atoms with Crippen molar-refractivity contribution in [3.63, 3.8) is 0 Å². The molecule has 0 bridgehead atoms. The lowest BCUT2D eigenvalue weighted by atomic mass is 9.86. The topological polar surface area (TPSA) is 38.9 Å². The van der Waals surface area contributed by atoms with E-state index in [1.807, 2.05) is 26.8 Å². The monoisotopic (exact) mass is 234 g/mol. The Hall–Kier alpha value is -1.71. The molecule has 1 aromatic carbocycles. The van der Waals surface area contributed by atoms with Crippen molar-refractivity contribution < 1.29 is 8.91 Å². The van der Waals surface area contributed by atoms with Crippen LogP contribution >= 0.6 is 0 Å². The van der Waals surface area contributed by atoms with Crippen LogP contribution in [0.25, 0.3) is 11.5 Å². The fourth-order valence-electron chi connectivity index (χ4n) is 1.56. The second-order valence-corrected chi connectivity index (χ2v) is 5.09. The number of nitrogens with zero attached hydrogens (tertiary/aromatic N) is 2. The van der Waals surface area contributed by atoms with Crippen LogP contribution in [-0.2, 0) is 5.41 Å². The van der Waals surface area contributed by atoms with Crippen LogP contribution in [0.15, 0.2) is 22.7 Å². The molecule has 0 unspecified atom stereocenters. The molecule has 17 heavy (non-hydrogen) atoms. The minimum atomic E-state index is -0.332. The number of hydrogen-bond acceptors (Lipinski definition) is 3. The third-order valence-electron chi connectivity index (χ3n) is 2.59. The van der Waals surface area contributed by atoms with Gasteiger partial charge in [0.2, 0.25) is 0 Å². The van der Waals surface area contributed by atoms with Crippen LogP contribution in [-0.4, -0.2) is 10.1 Å². The van der Waals surface area contributed by atoms with Crippen molar-refractivity contribution in [2.75, 3.05) is 0 Å². The lowest BCUT2D eigenvalue weighted by molar-refractivity contribution is 0.423. The average molecular weight is 234 g/mol. The highest BCUT2D eigenvalue weighted by Gasteiger charge is 2.18. The van der Waals surface area contributed by atoms with Crippen LogP contribution in [0, 0.1) is 12.7 Å². The molecule has 0 atom stereocenters. The molecular formula is C13H15FN2O. The van der Waals surface area contributed by atoms with E-state index in [4.69, 9.17) is 4.52 Å². The number of halogens is 1. The van der Waals surface area contributed by atoms with E-state index in [1.165, 1.54) is 6.07 Å². The van der Waals surface area contributed by atoms with Gasteiger partial charge in [0.05, 0.1) is 5.56 Å². The summed E-state index contributed by atoms with van der Waals surface area (Å²) in [6, 6.07) is 5.09. The van der Waals surface area contributed by atoms with Crippen molar-refractivity contribution >= 4 is 0 Å². The lowest BCUT2D eigenvalue weighted by Gasteiger charge is -2.19. The van der Waals surface area contributed by atoms with Crippen molar-refractivity contribution in [2.45, 2.75) is 33.1 Å². The Labute approximate surface area is 99.7 Å². The van der Waals surface area contributed by atoms with E-state index in [1.54, 1.807) is 13.0 Å². The van der Waals surface area contributed by atoms with Gasteiger partial charge in [0.15, 0.2) is 5.82 Å². The number of hydrogen-bond donors (Lipinski definition) is 0. The first-order valence-corrected chi connectivity index (χ1v) is 5.48. The van der Waals surface area contributed by atoms with Gasteiger partial charge in [0, 0.05) is 0 Å². The zero-order valence-electron chi connectivity index (χ0n) is 10.4. The van der Waals surface area contributed by atoms with Gasteiger partial charge in [-0.1, -0.05) is 32.0 Å². The Balaban J connectivity index is 2.45. The number of rotatable bonds is 1. The molecular weight excluding hydrogens is 219 g/mol. The van der Waals surface area contributed by atoms with Gasteiger partial charge < -0.3 is 4.52 Å². The maximum atomic E-state index is 13.9. The molecule has 2 rings (SSSR count). The van der Waals surface area contributed by atoms with Crippen molar-refractivity contribution in [1.82, 2.24) is 10.1 Å². The van der Waals surface area contributed by atoms with Crippen LogP contribution in [0.2, 0.25) is 0 Å². The maximum absolute atomic E-state index is 13.9. The Morgan fingerprint density at radius 1 is 1.24 bits per heavy atom. The molecule has 1 aromatic heterocycles. The smallest absolute Gasteiger partial charge is 0.260 e. The Bertz CT molecular complexity index is 541. The summed E-state index contributed by atoms with van der Waals surface area (Å²) in [6.07, 6.45) is 0. The second kappa shape index (κ2) is 3.95. The van der Waals surface area contributed by atoms with Gasteiger partial charge in [-0.15, -0.1) is 0 Å². The minimum absolute atomic E-state index is 0.0792. The predicted molar refractivity (Wildman–Crippen MR) is 63.1 cm³/mol. The summed E-state index contributed by atoms with van der Waals surface area (Å²) >= 11 is 0. The zero-order chi connectivity index (χ0) is 12.6. The Kier molecular flexibility index (Phi) is 2.73. The van der Waals surface area contributed by atoms with Gasteiger partial charge >= 0.3 is 0 Å². The van der Waals surface area contributed by atoms with Crippen LogP contribution in [0.5, 0.6) is 0 Å². The summed E-state index contributed by atoms with van der Waals surface area (Å²) in [5.41, 5.74) is 1.21. The molecule has 0 saturated carbocycles. The van der Waals surface area contributed by atoms with Crippen LogP contribution in [0.1, 0.15) is 32.2 Å². The molecule has 90 valence electrons. The molecule has 0 aliphatic carbocycles. The van der Waals surface area contributed by atoms with E-state index in [0.717, 1.165) is 5.56 Å². The summed E-state index contributed by atoms with van der Waals surface area (Å²) in [5.74, 6) is 0.390. The van der Waals surface area contributed by atoms with Gasteiger partial charge in [-0.3, -0.25) is 0 Å². The van der Waals surface area contributed by atoms with Crippen molar-refractivity contribution in [3.05, 3.63) is 35.4 Å². The molecule has 3 nitrogen and oxygen atoms in total. The van der Waals surface area contributed by atoms with E-state index in [0.29, 0.717) is 11.4 Å². The van der Waals surface area contributed by atoms with E-state index in [2.05, 4.69) is 10.1 Å².